The van der Waals surface area contributed by atoms with Crippen molar-refractivity contribution in [2.24, 2.45) is 5.41 Å². The monoisotopic (exact) mass is 402 g/mol. The standard InChI is InChI=1S/C25H26N2O3/c28-22(14-20-18-4-2-1-3-16(18)15-24(20)7-8-24)26-17-5-6-19-21(13-17)27-23(29)25(19)9-11-30-12-10-25/h1-6,13,20H,7-12,14-15H2,(H,26,28)(H,27,29). The summed E-state index contributed by atoms with van der Waals surface area (Å²) in [7, 11) is 0. The first-order chi connectivity index (χ1) is 14.6. The molecule has 0 radical (unpaired) electrons. The van der Waals surface area contributed by atoms with Crippen LogP contribution in [0.1, 0.15) is 54.7 Å². The molecule has 1 atom stereocenters. The Morgan fingerprint density at radius 1 is 1.10 bits per heavy atom. The fourth-order valence-electron chi connectivity index (χ4n) is 6.00. The number of carbonyl (C=O) groups excluding carboxylic acids is 2. The third-order valence-electron chi connectivity index (χ3n) is 7.84. The Morgan fingerprint density at radius 2 is 1.90 bits per heavy atom. The number of ether oxygens (including phenoxy) is 1. The number of rotatable bonds is 3. The number of nitrogens with one attached hydrogen (secondary N) is 2. The summed E-state index contributed by atoms with van der Waals surface area (Å²) in [4.78, 5) is 25.7. The Morgan fingerprint density at radius 3 is 2.70 bits per heavy atom. The quantitative estimate of drug-likeness (QED) is 0.811. The van der Waals surface area contributed by atoms with E-state index in [0.717, 1.165) is 23.4 Å². The van der Waals surface area contributed by atoms with Crippen LogP contribution in [-0.2, 0) is 26.2 Å². The molecule has 2 aromatic carbocycles. The second-order valence-electron chi connectivity index (χ2n) is 9.45. The summed E-state index contributed by atoms with van der Waals surface area (Å²) in [5.74, 6) is 0.420. The van der Waals surface area contributed by atoms with Crippen LogP contribution < -0.4 is 10.6 Å². The molecule has 30 heavy (non-hydrogen) atoms. The van der Waals surface area contributed by atoms with Crippen molar-refractivity contribution in [2.45, 2.75) is 49.9 Å². The fraction of sp³-hybridized carbons (Fsp3) is 0.440. The third kappa shape index (κ3) is 2.64. The lowest BCUT2D eigenvalue weighted by Crippen LogP contribution is -2.39. The van der Waals surface area contributed by atoms with Gasteiger partial charge in [-0.15, -0.1) is 0 Å². The summed E-state index contributed by atoms with van der Waals surface area (Å²) >= 11 is 0. The lowest BCUT2D eigenvalue weighted by Gasteiger charge is -2.31. The average Bonchev–Trinajstić information content (AvgIpc) is 3.40. The van der Waals surface area contributed by atoms with E-state index < -0.39 is 5.41 Å². The van der Waals surface area contributed by atoms with Crippen molar-refractivity contribution in [2.75, 3.05) is 23.8 Å². The molecular formula is C25H26N2O3. The third-order valence-corrected chi connectivity index (χ3v) is 7.84. The number of amides is 2. The summed E-state index contributed by atoms with van der Waals surface area (Å²) in [6.07, 6.45) is 5.48. The van der Waals surface area contributed by atoms with E-state index in [1.807, 2.05) is 18.2 Å². The van der Waals surface area contributed by atoms with Gasteiger partial charge in [-0.2, -0.15) is 0 Å². The molecule has 2 aromatic rings. The number of carbonyl (C=O) groups is 2. The second kappa shape index (κ2) is 6.42. The van der Waals surface area contributed by atoms with Crippen LogP contribution in [0, 0.1) is 5.41 Å². The molecule has 2 N–H and O–H groups in total. The van der Waals surface area contributed by atoms with Gasteiger partial charge in [0.2, 0.25) is 11.8 Å². The maximum Gasteiger partial charge on any atom is 0.235 e. The molecular weight excluding hydrogens is 376 g/mol. The first-order valence-corrected chi connectivity index (χ1v) is 11.0. The van der Waals surface area contributed by atoms with Gasteiger partial charge in [0.25, 0.3) is 0 Å². The smallest absolute Gasteiger partial charge is 0.235 e. The molecule has 0 aromatic heterocycles. The molecule has 154 valence electrons. The van der Waals surface area contributed by atoms with Crippen LogP contribution in [0.5, 0.6) is 0 Å². The Bertz CT molecular complexity index is 1050. The topological polar surface area (TPSA) is 67.4 Å². The van der Waals surface area contributed by atoms with E-state index in [1.54, 1.807) is 0 Å². The van der Waals surface area contributed by atoms with E-state index in [0.29, 0.717) is 43.8 Å². The number of hydrogen-bond acceptors (Lipinski definition) is 3. The van der Waals surface area contributed by atoms with E-state index in [-0.39, 0.29) is 11.8 Å². The molecule has 0 bridgehead atoms. The SMILES string of the molecule is O=C(CC1c2ccccc2CC12CC2)Nc1ccc2c(c1)NC(=O)C21CCOCC1. The first-order valence-electron chi connectivity index (χ1n) is 11.0. The van der Waals surface area contributed by atoms with Gasteiger partial charge in [-0.05, 0) is 72.3 Å². The Labute approximate surface area is 176 Å². The van der Waals surface area contributed by atoms with Gasteiger partial charge in [0.1, 0.15) is 0 Å². The molecule has 4 aliphatic rings. The molecule has 2 amide bonds. The van der Waals surface area contributed by atoms with E-state index in [9.17, 15) is 9.59 Å². The predicted molar refractivity (Wildman–Crippen MR) is 115 cm³/mol. The zero-order chi connectivity index (χ0) is 20.3. The van der Waals surface area contributed by atoms with Crippen LogP contribution in [0.15, 0.2) is 42.5 Å². The maximum atomic E-state index is 12.9. The molecule has 5 nitrogen and oxygen atoms in total. The van der Waals surface area contributed by atoms with E-state index in [1.165, 1.54) is 24.0 Å². The van der Waals surface area contributed by atoms with Gasteiger partial charge in [0.05, 0.1) is 5.41 Å². The van der Waals surface area contributed by atoms with Crippen molar-refractivity contribution >= 4 is 23.2 Å². The lowest BCUT2D eigenvalue weighted by molar-refractivity contribution is -0.124. The highest BCUT2D eigenvalue weighted by Gasteiger charge is 2.54. The molecule has 6 rings (SSSR count). The number of fused-ring (bicyclic) bond motifs is 3. The van der Waals surface area contributed by atoms with Gasteiger partial charge < -0.3 is 15.4 Å². The molecule has 2 fully saturated rings. The van der Waals surface area contributed by atoms with Crippen molar-refractivity contribution in [1.29, 1.82) is 0 Å². The molecule has 2 aliphatic heterocycles. The molecule has 5 heteroatoms. The summed E-state index contributed by atoms with van der Waals surface area (Å²) in [6, 6.07) is 14.4. The summed E-state index contributed by atoms with van der Waals surface area (Å²) in [5.41, 5.74) is 5.21. The Hall–Kier alpha value is -2.66. The van der Waals surface area contributed by atoms with Crippen LogP contribution in [0.4, 0.5) is 11.4 Å². The minimum absolute atomic E-state index is 0.0491. The number of anilines is 2. The Balaban J connectivity index is 1.20. The molecule has 2 aliphatic carbocycles. The van der Waals surface area contributed by atoms with Gasteiger partial charge >= 0.3 is 0 Å². The van der Waals surface area contributed by atoms with E-state index >= 15 is 0 Å². The highest BCUT2D eigenvalue weighted by Crippen LogP contribution is 2.64. The van der Waals surface area contributed by atoms with Crippen molar-refractivity contribution < 1.29 is 14.3 Å². The van der Waals surface area contributed by atoms with Crippen LogP contribution in [0.3, 0.4) is 0 Å². The molecule has 2 heterocycles. The van der Waals surface area contributed by atoms with E-state index in [2.05, 4.69) is 34.9 Å². The van der Waals surface area contributed by atoms with Crippen molar-refractivity contribution in [3.63, 3.8) is 0 Å². The minimum Gasteiger partial charge on any atom is -0.381 e. The predicted octanol–water partition coefficient (Wildman–Crippen LogP) is 4.14. The van der Waals surface area contributed by atoms with Gasteiger partial charge in [-0.3, -0.25) is 9.59 Å². The molecule has 2 spiro atoms. The highest BCUT2D eigenvalue weighted by atomic mass is 16.5. The van der Waals surface area contributed by atoms with Crippen molar-refractivity contribution in [1.82, 2.24) is 0 Å². The maximum absolute atomic E-state index is 12.9. The molecule has 1 unspecified atom stereocenters. The number of benzene rings is 2. The van der Waals surface area contributed by atoms with Gasteiger partial charge in [-0.25, -0.2) is 0 Å². The van der Waals surface area contributed by atoms with Crippen LogP contribution in [0.2, 0.25) is 0 Å². The molecule has 1 saturated heterocycles. The highest BCUT2D eigenvalue weighted by molar-refractivity contribution is 6.07. The minimum atomic E-state index is -0.470. The van der Waals surface area contributed by atoms with Crippen molar-refractivity contribution in [3.05, 3.63) is 59.2 Å². The van der Waals surface area contributed by atoms with Crippen LogP contribution in [0.25, 0.3) is 0 Å². The fourth-order valence-corrected chi connectivity index (χ4v) is 6.00. The zero-order valence-electron chi connectivity index (χ0n) is 17.0. The Kier molecular flexibility index (Phi) is 3.88. The summed E-state index contributed by atoms with van der Waals surface area (Å²) in [5, 5.41) is 6.12. The lowest BCUT2D eigenvalue weighted by atomic mass is 9.75. The average molecular weight is 402 g/mol. The summed E-state index contributed by atoms with van der Waals surface area (Å²) in [6.45, 7) is 1.21. The summed E-state index contributed by atoms with van der Waals surface area (Å²) < 4.78 is 5.47. The first kappa shape index (κ1) is 18.1. The number of hydrogen-bond donors (Lipinski definition) is 2. The van der Waals surface area contributed by atoms with Gasteiger partial charge in [0, 0.05) is 31.0 Å². The normalized spacial score (nSPS) is 24.4. The second-order valence-corrected chi connectivity index (χ2v) is 9.45. The molecule has 1 saturated carbocycles. The van der Waals surface area contributed by atoms with Gasteiger partial charge in [-0.1, -0.05) is 30.3 Å². The van der Waals surface area contributed by atoms with Crippen molar-refractivity contribution in [3.8, 4) is 0 Å². The van der Waals surface area contributed by atoms with Crippen LogP contribution in [-0.4, -0.2) is 25.0 Å². The van der Waals surface area contributed by atoms with Crippen LogP contribution >= 0.6 is 0 Å². The van der Waals surface area contributed by atoms with Gasteiger partial charge in [0.15, 0.2) is 0 Å². The zero-order valence-corrected chi connectivity index (χ0v) is 17.0. The van der Waals surface area contributed by atoms with E-state index in [4.69, 9.17) is 4.74 Å². The largest absolute Gasteiger partial charge is 0.381 e.